The molecule has 0 aliphatic heterocycles. The van der Waals surface area contributed by atoms with Crippen LogP contribution < -0.4 is 5.46 Å². The van der Waals surface area contributed by atoms with E-state index < -0.39 is 50.4 Å². The van der Waals surface area contributed by atoms with E-state index in [4.69, 9.17) is 13.7 Å². The predicted octanol–water partition coefficient (Wildman–Crippen LogP) is 0.193. The van der Waals surface area contributed by atoms with Crippen molar-refractivity contribution in [2.45, 2.75) is 26.4 Å². The molecular weight excluding hydrogens is 165 g/mol. The Balaban J connectivity index is 3.78. The lowest BCUT2D eigenvalue weighted by Gasteiger charge is -2.08. The van der Waals surface area contributed by atoms with Crippen molar-refractivity contribution >= 4 is 12.6 Å². The van der Waals surface area contributed by atoms with E-state index in [1.165, 1.54) is 0 Å². The third-order valence-corrected chi connectivity index (χ3v) is 1.40. The third-order valence-electron chi connectivity index (χ3n) is 1.40. The van der Waals surface area contributed by atoms with Gasteiger partial charge in [-0.1, -0.05) is 13.7 Å². The second kappa shape index (κ2) is 3.90. The van der Waals surface area contributed by atoms with E-state index in [-0.39, 0.29) is 0 Å². The summed E-state index contributed by atoms with van der Waals surface area (Å²) in [4.78, 5) is 3.50. The second-order valence-corrected chi connectivity index (χ2v) is 2.42. The minimum absolute atomic E-state index is 0.466. The number of rotatable bonds is 2. The Hall–Kier alpha value is -0.865. The molecule has 0 fully saturated rings. The van der Waals surface area contributed by atoms with Crippen molar-refractivity contribution in [3.8, 4) is 0 Å². The minimum Gasteiger partial charge on any atom is -0.423 e. The zero-order valence-corrected chi connectivity index (χ0v) is 6.57. The standard InChI is InChI=1S/C9H14BNO2/c1-6(2)9-5-8(10(12)13)4-7(3)11-9/h4-6,12-13H,1-3H3/i1D3,2D3,3D3,6D. The molecule has 70 valence electrons. The van der Waals surface area contributed by atoms with Gasteiger partial charge in [0, 0.05) is 25.1 Å². The van der Waals surface area contributed by atoms with E-state index in [9.17, 15) is 10.0 Å². The second-order valence-electron chi connectivity index (χ2n) is 2.42. The Kier molecular flexibility index (Phi) is 0.920. The van der Waals surface area contributed by atoms with E-state index in [0.717, 1.165) is 6.07 Å². The van der Waals surface area contributed by atoms with Gasteiger partial charge in [0.2, 0.25) is 0 Å². The summed E-state index contributed by atoms with van der Waals surface area (Å²) in [5.41, 5.74) is -2.09. The number of hydrogen-bond donors (Lipinski definition) is 2. The van der Waals surface area contributed by atoms with Crippen LogP contribution in [0, 0.1) is 6.85 Å². The summed E-state index contributed by atoms with van der Waals surface area (Å²) >= 11 is 0. The van der Waals surface area contributed by atoms with Crippen LogP contribution in [0.4, 0.5) is 0 Å². The molecular formula is C9H14BNO2. The average Bonchev–Trinajstić information content (AvgIpc) is 2.33. The van der Waals surface area contributed by atoms with Gasteiger partial charge in [-0.2, -0.15) is 0 Å². The minimum atomic E-state index is -3.36. The van der Waals surface area contributed by atoms with Crippen molar-refractivity contribution in [1.29, 1.82) is 0 Å². The molecule has 1 heterocycles. The Bertz CT molecular complexity index is 565. The van der Waals surface area contributed by atoms with Gasteiger partial charge in [-0.05, 0) is 30.3 Å². The molecule has 4 heteroatoms. The maximum absolute atomic E-state index is 9.21. The van der Waals surface area contributed by atoms with Crippen LogP contribution in [0.1, 0.15) is 44.7 Å². The van der Waals surface area contributed by atoms with Gasteiger partial charge in [-0.15, -0.1) is 0 Å². The van der Waals surface area contributed by atoms with Gasteiger partial charge in [0.15, 0.2) is 0 Å². The van der Waals surface area contributed by atoms with Crippen LogP contribution in [0.25, 0.3) is 0 Å². The fourth-order valence-corrected chi connectivity index (χ4v) is 0.829. The lowest BCUT2D eigenvalue weighted by molar-refractivity contribution is 0.425. The molecule has 1 aromatic heterocycles. The van der Waals surface area contributed by atoms with Crippen LogP contribution >= 0.6 is 0 Å². The molecule has 0 unspecified atom stereocenters. The Morgan fingerprint density at radius 1 is 1.54 bits per heavy atom. The van der Waals surface area contributed by atoms with Crippen molar-refractivity contribution in [3.05, 3.63) is 23.5 Å². The average molecular weight is 189 g/mol. The molecule has 0 bridgehead atoms. The molecule has 1 rings (SSSR count). The van der Waals surface area contributed by atoms with Crippen LogP contribution in [-0.4, -0.2) is 22.2 Å². The Morgan fingerprint density at radius 2 is 2.31 bits per heavy atom. The monoisotopic (exact) mass is 189 g/mol. The molecule has 3 nitrogen and oxygen atoms in total. The summed E-state index contributed by atoms with van der Waals surface area (Å²) in [5, 5.41) is 18.4. The highest BCUT2D eigenvalue weighted by Crippen LogP contribution is 2.10. The number of aromatic nitrogens is 1. The van der Waals surface area contributed by atoms with Crippen molar-refractivity contribution < 1.29 is 23.8 Å². The summed E-state index contributed by atoms with van der Waals surface area (Å²) in [5.74, 6) is -3.23. The van der Waals surface area contributed by atoms with Crippen LogP contribution in [0.3, 0.4) is 0 Å². The zero-order valence-electron chi connectivity index (χ0n) is 16.6. The normalized spacial score (nSPS) is 25.7. The maximum Gasteiger partial charge on any atom is 0.488 e. The first-order chi connectivity index (χ1) is 10.0. The predicted molar refractivity (Wildman–Crippen MR) is 52.9 cm³/mol. The Labute approximate surface area is 92.6 Å². The van der Waals surface area contributed by atoms with Gasteiger partial charge in [-0.3, -0.25) is 4.98 Å². The highest BCUT2D eigenvalue weighted by molar-refractivity contribution is 6.58. The fraction of sp³-hybridized carbons (Fsp3) is 0.444. The van der Waals surface area contributed by atoms with Gasteiger partial charge in [-0.25, -0.2) is 0 Å². The Morgan fingerprint density at radius 3 is 2.85 bits per heavy atom. The molecule has 0 aliphatic rings. The molecule has 2 N–H and O–H groups in total. The molecule has 0 aliphatic carbocycles. The van der Waals surface area contributed by atoms with E-state index in [2.05, 4.69) is 4.98 Å². The first kappa shape index (κ1) is 3.07. The third kappa shape index (κ3) is 2.54. The van der Waals surface area contributed by atoms with Crippen molar-refractivity contribution in [2.24, 2.45) is 0 Å². The summed E-state index contributed by atoms with van der Waals surface area (Å²) in [6.07, 6.45) is 0. The molecule has 0 saturated carbocycles. The summed E-state index contributed by atoms with van der Waals surface area (Å²) in [6.45, 7) is -9.59. The van der Waals surface area contributed by atoms with Gasteiger partial charge < -0.3 is 10.0 Å². The van der Waals surface area contributed by atoms with E-state index in [1.807, 2.05) is 0 Å². The van der Waals surface area contributed by atoms with Crippen LogP contribution in [0.2, 0.25) is 0 Å². The van der Waals surface area contributed by atoms with Crippen LogP contribution in [0.15, 0.2) is 12.1 Å². The van der Waals surface area contributed by atoms with E-state index in [1.54, 1.807) is 0 Å². The molecule has 1 aromatic rings. The van der Waals surface area contributed by atoms with E-state index >= 15 is 0 Å². The molecule has 13 heavy (non-hydrogen) atoms. The van der Waals surface area contributed by atoms with Gasteiger partial charge in [0.1, 0.15) is 0 Å². The smallest absolute Gasteiger partial charge is 0.423 e. The summed E-state index contributed by atoms with van der Waals surface area (Å²) < 4.78 is 74.0. The SMILES string of the molecule is [2H]C([2H])([2H])c1cc(B(O)O)cc(C([2H])(C([2H])([2H])[2H])C([2H])([2H])[2H])n1. The van der Waals surface area contributed by atoms with Crippen LogP contribution in [0.5, 0.6) is 0 Å². The van der Waals surface area contributed by atoms with Crippen LogP contribution in [-0.2, 0) is 0 Å². The molecule has 0 saturated heterocycles. The molecule has 0 spiro atoms. The van der Waals surface area contributed by atoms with Crippen molar-refractivity contribution in [3.63, 3.8) is 0 Å². The number of nitrogens with zero attached hydrogens (tertiary/aromatic N) is 1. The lowest BCUT2D eigenvalue weighted by Crippen LogP contribution is -2.31. The first-order valence-corrected chi connectivity index (χ1v) is 3.41. The zero-order chi connectivity index (χ0) is 18.4. The lowest BCUT2D eigenvalue weighted by atomic mass is 9.79. The first-order valence-electron chi connectivity index (χ1n) is 8.41. The van der Waals surface area contributed by atoms with Gasteiger partial charge >= 0.3 is 7.12 Å². The maximum atomic E-state index is 9.21. The highest BCUT2D eigenvalue weighted by Gasteiger charge is 2.13. The number of pyridine rings is 1. The fourth-order valence-electron chi connectivity index (χ4n) is 0.829. The summed E-state index contributed by atoms with van der Waals surface area (Å²) in [7, 11) is -2.18. The number of hydrogen-bond acceptors (Lipinski definition) is 3. The van der Waals surface area contributed by atoms with E-state index in [0.29, 0.717) is 6.07 Å². The summed E-state index contributed by atoms with van der Waals surface area (Å²) in [6, 6.07) is 1.49. The van der Waals surface area contributed by atoms with Crippen molar-refractivity contribution in [1.82, 2.24) is 4.98 Å². The largest absolute Gasteiger partial charge is 0.488 e. The molecule has 0 radical (unpaired) electrons. The quantitative estimate of drug-likeness (QED) is 0.653. The molecule has 0 aromatic carbocycles. The number of aryl methyl sites for hydroxylation is 1. The van der Waals surface area contributed by atoms with Crippen molar-refractivity contribution in [2.75, 3.05) is 0 Å². The van der Waals surface area contributed by atoms with Gasteiger partial charge in [0.05, 0.1) is 0 Å². The van der Waals surface area contributed by atoms with Gasteiger partial charge in [0.25, 0.3) is 0 Å². The topological polar surface area (TPSA) is 53.4 Å². The molecule has 0 amide bonds. The highest BCUT2D eigenvalue weighted by atomic mass is 16.4. The molecule has 0 atom stereocenters.